The van der Waals surface area contributed by atoms with Gasteiger partial charge in [-0.15, -0.1) is 0 Å². The Hall–Kier alpha value is -2.40. The molecule has 0 fully saturated rings. The summed E-state index contributed by atoms with van der Waals surface area (Å²) < 4.78 is 0. The van der Waals surface area contributed by atoms with Gasteiger partial charge in [0, 0.05) is 13.3 Å². The Morgan fingerprint density at radius 1 is 1.37 bits per heavy atom. The van der Waals surface area contributed by atoms with Crippen LogP contribution in [0.5, 0.6) is 0 Å². The van der Waals surface area contributed by atoms with E-state index < -0.39 is 0 Å². The van der Waals surface area contributed by atoms with Gasteiger partial charge in [-0.25, -0.2) is 0 Å². The molecular formula is C17H18N2. The summed E-state index contributed by atoms with van der Waals surface area (Å²) in [6.07, 6.45) is 9.55. The normalized spacial score (nSPS) is 11.5. The quantitative estimate of drug-likeness (QED) is 0.586. The summed E-state index contributed by atoms with van der Waals surface area (Å²) in [5.74, 6) is 0. The van der Waals surface area contributed by atoms with Crippen molar-refractivity contribution < 1.29 is 0 Å². The molecule has 0 unspecified atom stereocenters. The van der Waals surface area contributed by atoms with Crippen LogP contribution >= 0.6 is 0 Å². The molecule has 0 spiro atoms. The van der Waals surface area contributed by atoms with E-state index in [1.54, 1.807) is 13.3 Å². The predicted molar refractivity (Wildman–Crippen MR) is 82.4 cm³/mol. The van der Waals surface area contributed by atoms with Crippen LogP contribution in [-0.2, 0) is 0 Å². The van der Waals surface area contributed by atoms with Crippen LogP contribution in [0.2, 0.25) is 0 Å². The van der Waals surface area contributed by atoms with Crippen LogP contribution in [0.25, 0.3) is 5.57 Å². The average Bonchev–Trinajstić information content (AvgIpc) is 2.41. The zero-order chi connectivity index (χ0) is 14.3. The second-order valence-electron chi connectivity index (χ2n) is 4.15. The lowest BCUT2D eigenvalue weighted by molar-refractivity contribution is 1.37. The number of hydrogen-bond acceptors (Lipinski definition) is 2. The molecule has 1 aromatic rings. The molecule has 0 N–H and O–H groups in total. The molecule has 2 nitrogen and oxygen atoms in total. The SMILES string of the molecule is C=C(/C=C\C=C/C)c1cc(C#N)cc(/C=N/C)c1C. The maximum absolute atomic E-state index is 9.09. The van der Waals surface area contributed by atoms with E-state index in [9.17, 15) is 0 Å². The highest BCUT2D eigenvalue weighted by Crippen LogP contribution is 2.23. The first-order valence-electron chi connectivity index (χ1n) is 6.09. The lowest BCUT2D eigenvalue weighted by Gasteiger charge is -2.09. The number of allylic oxidation sites excluding steroid dienone is 5. The van der Waals surface area contributed by atoms with Crippen LogP contribution < -0.4 is 0 Å². The predicted octanol–water partition coefficient (Wildman–Crippen LogP) is 4.06. The number of hydrogen-bond donors (Lipinski definition) is 0. The largest absolute Gasteiger partial charge is 0.296 e. The lowest BCUT2D eigenvalue weighted by atomic mass is 9.94. The second kappa shape index (κ2) is 7.13. The molecule has 0 bridgehead atoms. The Kier molecular flexibility index (Phi) is 5.50. The maximum atomic E-state index is 9.09. The summed E-state index contributed by atoms with van der Waals surface area (Å²) in [5.41, 5.74) is 4.53. The first-order valence-corrected chi connectivity index (χ1v) is 6.09. The first-order chi connectivity index (χ1) is 9.13. The first kappa shape index (κ1) is 14.7. The van der Waals surface area contributed by atoms with E-state index in [0.29, 0.717) is 5.56 Å². The number of aliphatic imine (C=N–C) groups is 1. The summed E-state index contributed by atoms with van der Waals surface area (Å²) in [4.78, 5) is 4.02. The fourth-order valence-corrected chi connectivity index (χ4v) is 1.78. The van der Waals surface area contributed by atoms with Crippen molar-refractivity contribution in [2.75, 3.05) is 7.05 Å². The third-order valence-electron chi connectivity index (χ3n) is 2.79. The molecule has 2 heteroatoms. The topological polar surface area (TPSA) is 36.1 Å². The van der Waals surface area contributed by atoms with Crippen molar-refractivity contribution in [2.24, 2.45) is 4.99 Å². The van der Waals surface area contributed by atoms with Crippen molar-refractivity contribution in [1.29, 1.82) is 5.26 Å². The molecule has 0 aromatic heterocycles. The number of nitriles is 1. The Balaban J connectivity index is 3.30. The molecule has 0 aliphatic rings. The zero-order valence-electron chi connectivity index (χ0n) is 11.6. The highest BCUT2D eigenvalue weighted by Gasteiger charge is 2.07. The monoisotopic (exact) mass is 250 g/mol. The number of nitrogens with zero attached hydrogens (tertiary/aromatic N) is 2. The van der Waals surface area contributed by atoms with Crippen molar-refractivity contribution in [1.82, 2.24) is 0 Å². The standard InChI is InChI=1S/C17H18N2/c1-5-6-7-8-13(2)17-10-15(11-18)9-16(12-19-4)14(17)3/h5-10,12H,2H2,1,3-4H3/b6-5-,8-7-,19-12+. The van der Waals surface area contributed by atoms with E-state index >= 15 is 0 Å². The smallest absolute Gasteiger partial charge is 0.0992 e. The Morgan fingerprint density at radius 3 is 2.68 bits per heavy atom. The minimum atomic E-state index is 0.621. The molecule has 19 heavy (non-hydrogen) atoms. The van der Waals surface area contributed by atoms with Crippen molar-refractivity contribution in [3.8, 4) is 6.07 Å². The molecule has 0 amide bonds. The van der Waals surface area contributed by atoms with Gasteiger partial charge in [-0.1, -0.05) is 30.9 Å². The van der Waals surface area contributed by atoms with E-state index in [1.807, 2.05) is 50.3 Å². The van der Waals surface area contributed by atoms with Crippen LogP contribution in [0.15, 0.2) is 48.0 Å². The van der Waals surface area contributed by atoms with Gasteiger partial charge < -0.3 is 0 Å². The van der Waals surface area contributed by atoms with Gasteiger partial charge in [0.15, 0.2) is 0 Å². The molecule has 0 aliphatic heterocycles. The zero-order valence-corrected chi connectivity index (χ0v) is 11.6. The minimum Gasteiger partial charge on any atom is -0.296 e. The summed E-state index contributed by atoms with van der Waals surface area (Å²) in [6.45, 7) is 8.04. The molecule has 1 aromatic carbocycles. The van der Waals surface area contributed by atoms with Crippen LogP contribution in [0, 0.1) is 18.3 Å². The van der Waals surface area contributed by atoms with E-state index in [0.717, 1.165) is 22.3 Å². The van der Waals surface area contributed by atoms with Crippen LogP contribution in [0.1, 0.15) is 29.2 Å². The molecule has 0 saturated carbocycles. The van der Waals surface area contributed by atoms with Crippen molar-refractivity contribution in [3.05, 3.63) is 65.3 Å². The van der Waals surface area contributed by atoms with E-state index in [1.165, 1.54) is 0 Å². The Bertz CT molecular complexity index is 596. The number of benzene rings is 1. The van der Waals surface area contributed by atoms with Crippen molar-refractivity contribution in [3.63, 3.8) is 0 Å². The van der Waals surface area contributed by atoms with Crippen molar-refractivity contribution in [2.45, 2.75) is 13.8 Å². The third kappa shape index (κ3) is 3.79. The van der Waals surface area contributed by atoms with E-state index in [2.05, 4.69) is 17.6 Å². The Labute approximate surface area is 115 Å². The Morgan fingerprint density at radius 2 is 2.11 bits per heavy atom. The van der Waals surface area contributed by atoms with E-state index in [4.69, 9.17) is 5.26 Å². The van der Waals surface area contributed by atoms with Crippen LogP contribution in [-0.4, -0.2) is 13.3 Å². The highest BCUT2D eigenvalue weighted by molar-refractivity contribution is 5.87. The fourth-order valence-electron chi connectivity index (χ4n) is 1.78. The fraction of sp³-hybridized carbons (Fsp3) is 0.176. The third-order valence-corrected chi connectivity index (χ3v) is 2.79. The molecule has 0 aliphatic carbocycles. The second-order valence-corrected chi connectivity index (χ2v) is 4.15. The number of rotatable bonds is 4. The summed E-state index contributed by atoms with van der Waals surface area (Å²) in [7, 11) is 1.72. The highest BCUT2D eigenvalue weighted by atomic mass is 14.6. The summed E-state index contributed by atoms with van der Waals surface area (Å²) in [6, 6.07) is 5.88. The minimum absolute atomic E-state index is 0.621. The lowest BCUT2D eigenvalue weighted by Crippen LogP contribution is -1.95. The molecular weight excluding hydrogens is 232 g/mol. The van der Waals surface area contributed by atoms with Gasteiger partial charge >= 0.3 is 0 Å². The van der Waals surface area contributed by atoms with Gasteiger partial charge in [-0.05, 0) is 48.2 Å². The van der Waals surface area contributed by atoms with Crippen LogP contribution in [0.4, 0.5) is 0 Å². The van der Waals surface area contributed by atoms with Gasteiger partial charge in [0.2, 0.25) is 0 Å². The van der Waals surface area contributed by atoms with Gasteiger partial charge in [0.25, 0.3) is 0 Å². The maximum Gasteiger partial charge on any atom is 0.0992 e. The molecule has 96 valence electrons. The van der Waals surface area contributed by atoms with Gasteiger partial charge in [0.05, 0.1) is 11.6 Å². The van der Waals surface area contributed by atoms with E-state index in [-0.39, 0.29) is 0 Å². The summed E-state index contributed by atoms with van der Waals surface area (Å²) in [5, 5.41) is 9.09. The van der Waals surface area contributed by atoms with Gasteiger partial charge in [0.1, 0.15) is 0 Å². The average molecular weight is 250 g/mol. The van der Waals surface area contributed by atoms with Gasteiger partial charge in [-0.3, -0.25) is 4.99 Å². The molecule has 0 radical (unpaired) electrons. The van der Waals surface area contributed by atoms with Crippen molar-refractivity contribution >= 4 is 11.8 Å². The van der Waals surface area contributed by atoms with Gasteiger partial charge in [-0.2, -0.15) is 5.26 Å². The molecule has 1 rings (SSSR count). The molecule has 0 atom stereocenters. The van der Waals surface area contributed by atoms with Crippen LogP contribution in [0.3, 0.4) is 0 Å². The summed E-state index contributed by atoms with van der Waals surface area (Å²) >= 11 is 0. The molecule has 0 saturated heterocycles. The molecule has 0 heterocycles.